The third kappa shape index (κ3) is 0.879. The van der Waals surface area contributed by atoms with Crippen molar-refractivity contribution in [3.05, 3.63) is 17.7 Å². The van der Waals surface area contributed by atoms with Gasteiger partial charge in [0, 0.05) is 18.9 Å². The zero-order chi connectivity index (χ0) is 8.72. The van der Waals surface area contributed by atoms with Crippen LogP contribution in [0.15, 0.2) is 6.20 Å². The lowest BCUT2D eigenvalue weighted by atomic mass is 10.3. The second-order valence-electron chi connectivity index (χ2n) is 2.86. The molecule has 0 N–H and O–H groups in total. The highest BCUT2D eigenvalue weighted by molar-refractivity contribution is 5.76. The van der Waals surface area contributed by atoms with E-state index in [1.165, 1.54) is 0 Å². The molecule has 2 heterocycles. The normalized spacial score (nSPS) is 10.9. The van der Waals surface area contributed by atoms with E-state index in [1.54, 1.807) is 0 Å². The monoisotopic (exact) mass is 162 g/mol. The highest BCUT2D eigenvalue weighted by atomic mass is 15.3. The summed E-state index contributed by atoms with van der Waals surface area (Å²) < 4.78 is 1.82. The van der Waals surface area contributed by atoms with Crippen molar-refractivity contribution >= 4 is 11.0 Å². The van der Waals surface area contributed by atoms with Crippen molar-refractivity contribution in [1.82, 2.24) is 19.7 Å². The van der Waals surface area contributed by atoms with Crippen LogP contribution in [-0.4, -0.2) is 19.7 Å². The molecule has 0 spiro atoms. The lowest BCUT2D eigenvalue weighted by Gasteiger charge is -1.90. The maximum Gasteiger partial charge on any atom is 0.184 e. The number of nitrogens with zero attached hydrogens (tertiary/aromatic N) is 4. The second kappa shape index (κ2) is 2.27. The van der Waals surface area contributed by atoms with Crippen LogP contribution in [-0.2, 0) is 7.05 Å². The standard InChI is InChI=1S/C8H10N4/c1-5-7-4-9-6(2)10-8(7)11-12(5)3/h4H,1-3H3. The number of fused-ring (bicyclic) bond motifs is 1. The summed E-state index contributed by atoms with van der Waals surface area (Å²) >= 11 is 0. The Morgan fingerprint density at radius 1 is 1.33 bits per heavy atom. The van der Waals surface area contributed by atoms with Gasteiger partial charge in [-0.3, -0.25) is 4.68 Å². The molecule has 2 aromatic heterocycles. The Kier molecular flexibility index (Phi) is 1.36. The fraction of sp³-hybridized carbons (Fsp3) is 0.375. The minimum absolute atomic E-state index is 0.764. The number of aryl methyl sites for hydroxylation is 3. The van der Waals surface area contributed by atoms with Crippen molar-refractivity contribution in [2.45, 2.75) is 13.8 Å². The Morgan fingerprint density at radius 3 is 2.83 bits per heavy atom. The van der Waals surface area contributed by atoms with Gasteiger partial charge in [0.1, 0.15) is 5.82 Å². The van der Waals surface area contributed by atoms with Gasteiger partial charge in [0.25, 0.3) is 0 Å². The van der Waals surface area contributed by atoms with Crippen LogP contribution in [0.4, 0.5) is 0 Å². The van der Waals surface area contributed by atoms with E-state index in [4.69, 9.17) is 0 Å². The summed E-state index contributed by atoms with van der Waals surface area (Å²) in [4.78, 5) is 8.33. The summed E-state index contributed by atoms with van der Waals surface area (Å²) in [5, 5.41) is 5.27. The van der Waals surface area contributed by atoms with E-state index in [1.807, 2.05) is 31.8 Å². The fourth-order valence-corrected chi connectivity index (χ4v) is 1.18. The molecule has 0 saturated heterocycles. The molecule has 4 nitrogen and oxygen atoms in total. The van der Waals surface area contributed by atoms with Crippen LogP contribution in [0, 0.1) is 13.8 Å². The molecule has 0 saturated carbocycles. The van der Waals surface area contributed by atoms with Crippen molar-refractivity contribution < 1.29 is 0 Å². The van der Waals surface area contributed by atoms with E-state index in [0.717, 1.165) is 22.6 Å². The summed E-state index contributed by atoms with van der Waals surface area (Å²) in [5.74, 6) is 0.764. The Morgan fingerprint density at radius 2 is 2.08 bits per heavy atom. The summed E-state index contributed by atoms with van der Waals surface area (Å²) in [6.45, 7) is 3.87. The van der Waals surface area contributed by atoms with Gasteiger partial charge in [-0.05, 0) is 13.8 Å². The molecule has 0 radical (unpaired) electrons. The van der Waals surface area contributed by atoms with E-state index in [2.05, 4.69) is 15.1 Å². The van der Waals surface area contributed by atoms with Crippen molar-refractivity contribution in [3.63, 3.8) is 0 Å². The van der Waals surface area contributed by atoms with E-state index in [9.17, 15) is 0 Å². The van der Waals surface area contributed by atoms with E-state index < -0.39 is 0 Å². The molecule has 2 rings (SSSR count). The highest BCUT2D eigenvalue weighted by Crippen LogP contribution is 2.12. The number of rotatable bonds is 0. The average molecular weight is 162 g/mol. The second-order valence-corrected chi connectivity index (χ2v) is 2.86. The van der Waals surface area contributed by atoms with Crippen LogP contribution in [0.25, 0.3) is 11.0 Å². The van der Waals surface area contributed by atoms with Gasteiger partial charge in [-0.15, -0.1) is 0 Å². The molecular formula is C8H10N4. The molecule has 0 aromatic carbocycles. The summed E-state index contributed by atoms with van der Waals surface area (Å²) in [6, 6.07) is 0. The maximum absolute atomic E-state index is 4.24. The first kappa shape index (κ1) is 7.21. The fourth-order valence-electron chi connectivity index (χ4n) is 1.18. The highest BCUT2D eigenvalue weighted by Gasteiger charge is 2.05. The lowest BCUT2D eigenvalue weighted by molar-refractivity contribution is 0.747. The van der Waals surface area contributed by atoms with Gasteiger partial charge in [0.15, 0.2) is 5.65 Å². The molecule has 12 heavy (non-hydrogen) atoms. The van der Waals surface area contributed by atoms with Crippen molar-refractivity contribution in [3.8, 4) is 0 Å². The molecule has 0 atom stereocenters. The SMILES string of the molecule is Cc1ncc2c(C)n(C)nc2n1. The molecule has 4 heteroatoms. The molecule has 0 unspecified atom stereocenters. The predicted molar refractivity (Wildman–Crippen MR) is 45.8 cm³/mol. The summed E-state index contributed by atoms with van der Waals surface area (Å²) in [5.41, 5.74) is 1.88. The zero-order valence-corrected chi connectivity index (χ0v) is 7.37. The minimum atomic E-state index is 0.764. The van der Waals surface area contributed by atoms with Gasteiger partial charge in [0.05, 0.1) is 5.39 Å². The van der Waals surface area contributed by atoms with Gasteiger partial charge in [-0.2, -0.15) is 5.10 Å². The smallest absolute Gasteiger partial charge is 0.184 e. The van der Waals surface area contributed by atoms with Crippen LogP contribution < -0.4 is 0 Å². The van der Waals surface area contributed by atoms with Crippen molar-refractivity contribution in [2.75, 3.05) is 0 Å². The van der Waals surface area contributed by atoms with E-state index >= 15 is 0 Å². The Hall–Kier alpha value is -1.45. The first-order valence-corrected chi connectivity index (χ1v) is 3.81. The molecule has 0 bridgehead atoms. The minimum Gasteiger partial charge on any atom is -0.270 e. The Bertz CT molecular complexity index is 430. The number of hydrogen-bond donors (Lipinski definition) is 0. The molecule has 0 amide bonds. The van der Waals surface area contributed by atoms with Crippen LogP contribution in [0.3, 0.4) is 0 Å². The van der Waals surface area contributed by atoms with Crippen LogP contribution in [0.2, 0.25) is 0 Å². The van der Waals surface area contributed by atoms with Gasteiger partial charge in [0.2, 0.25) is 0 Å². The predicted octanol–water partition coefficient (Wildman–Crippen LogP) is 0.980. The maximum atomic E-state index is 4.24. The van der Waals surface area contributed by atoms with Crippen LogP contribution in [0.5, 0.6) is 0 Å². The third-order valence-electron chi connectivity index (χ3n) is 2.01. The molecular weight excluding hydrogens is 152 g/mol. The topological polar surface area (TPSA) is 43.6 Å². The zero-order valence-electron chi connectivity index (χ0n) is 7.37. The summed E-state index contributed by atoms with van der Waals surface area (Å²) in [7, 11) is 1.91. The first-order chi connectivity index (χ1) is 5.68. The lowest BCUT2D eigenvalue weighted by Crippen LogP contribution is -1.91. The summed E-state index contributed by atoms with van der Waals surface area (Å²) in [6.07, 6.45) is 1.82. The molecule has 0 aliphatic carbocycles. The number of hydrogen-bond acceptors (Lipinski definition) is 3. The van der Waals surface area contributed by atoms with E-state index in [-0.39, 0.29) is 0 Å². The Balaban J connectivity index is 2.87. The van der Waals surface area contributed by atoms with Gasteiger partial charge in [-0.1, -0.05) is 0 Å². The number of aromatic nitrogens is 4. The molecule has 0 aliphatic rings. The van der Waals surface area contributed by atoms with Crippen molar-refractivity contribution in [2.24, 2.45) is 7.05 Å². The van der Waals surface area contributed by atoms with Gasteiger partial charge < -0.3 is 0 Å². The first-order valence-electron chi connectivity index (χ1n) is 3.81. The van der Waals surface area contributed by atoms with Crippen molar-refractivity contribution in [1.29, 1.82) is 0 Å². The van der Waals surface area contributed by atoms with Crippen LogP contribution >= 0.6 is 0 Å². The average Bonchev–Trinajstić information content (AvgIpc) is 2.28. The molecule has 0 fully saturated rings. The molecule has 62 valence electrons. The van der Waals surface area contributed by atoms with Crippen LogP contribution in [0.1, 0.15) is 11.5 Å². The third-order valence-corrected chi connectivity index (χ3v) is 2.01. The Labute approximate surface area is 70.3 Å². The van der Waals surface area contributed by atoms with Gasteiger partial charge in [-0.25, -0.2) is 9.97 Å². The largest absolute Gasteiger partial charge is 0.270 e. The van der Waals surface area contributed by atoms with E-state index in [0.29, 0.717) is 0 Å². The van der Waals surface area contributed by atoms with Gasteiger partial charge >= 0.3 is 0 Å². The molecule has 2 aromatic rings. The molecule has 0 aliphatic heterocycles. The quantitative estimate of drug-likeness (QED) is 0.580.